The normalized spacial score (nSPS) is 16.8. The summed E-state index contributed by atoms with van der Waals surface area (Å²) in [5.41, 5.74) is 0.967. The van der Waals surface area contributed by atoms with Gasteiger partial charge < -0.3 is 14.7 Å². The lowest BCUT2D eigenvalue weighted by molar-refractivity contribution is -0.152. The molecule has 0 spiro atoms. The van der Waals surface area contributed by atoms with Gasteiger partial charge in [-0.05, 0) is 5.56 Å². The molecule has 1 heterocycles. The van der Waals surface area contributed by atoms with Crippen molar-refractivity contribution < 1.29 is 19.5 Å². The van der Waals surface area contributed by atoms with Gasteiger partial charge in [0, 0.05) is 26.2 Å². The van der Waals surface area contributed by atoms with Crippen molar-refractivity contribution in [3.63, 3.8) is 0 Å². The molecule has 1 N–H and O–H groups in total. The summed E-state index contributed by atoms with van der Waals surface area (Å²) in [4.78, 5) is 19.0. The Kier molecular flexibility index (Phi) is 5.79. The largest absolute Gasteiger partial charge is 0.445 e. The molecule has 1 fully saturated rings. The highest BCUT2D eigenvalue weighted by atomic mass is 16.7. The van der Waals surface area contributed by atoms with Crippen molar-refractivity contribution in [2.45, 2.75) is 6.61 Å². The minimum atomic E-state index is -0.330. The summed E-state index contributed by atoms with van der Waals surface area (Å²) in [6.07, 6.45) is -0.330. The van der Waals surface area contributed by atoms with Crippen molar-refractivity contribution in [3.05, 3.63) is 35.9 Å². The summed E-state index contributed by atoms with van der Waals surface area (Å²) in [7, 11) is 0. The van der Waals surface area contributed by atoms with Crippen LogP contribution in [0, 0.1) is 0 Å². The molecule has 0 aliphatic carbocycles. The van der Waals surface area contributed by atoms with Crippen molar-refractivity contribution in [1.29, 1.82) is 0 Å². The molecule has 6 heteroatoms. The first kappa shape index (κ1) is 14.8. The molecule has 0 atom stereocenters. The molecule has 1 aromatic carbocycles. The molecule has 1 amide bonds. The summed E-state index contributed by atoms with van der Waals surface area (Å²) in [5, 5.41) is 10.5. The van der Waals surface area contributed by atoms with Gasteiger partial charge in [-0.1, -0.05) is 30.3 Å². The third kappa shape index (κ3) is 4.48. The molecule has 2 rings (SSSR count). The number of amides is 1. The number of hydroxylamine groups is 2. The Bertz CT molecular complexity index is 413. The third-order valence-corrected chi connectivity index (χ3v) is 3.07. The molecule has 0 radical (unpaired) electrons. The van der Waals surface area contributed by atoms with E-state index in [4.69, 9.17) is 14.7 Å². The molecule has 1 aliphatic rings. The van der Waals surface area contributed by atoms with Crippen LogP contribution in [0.15, 0.2) is 30.3 Å². The first-order valence-electron chi connectivity index (χ1n) is 6.74. The lowest BCUT2D eigenvalue weighted by Crippen LogP contribution is -2.36. The number of aliphatic hydroxyl groups excluding tert-OH is 1. The molecular weight excluding hydrogens is 260 g/mol. The van der Waals surface area contributed by atoms with E-state index in [-0.39, 0.29) is 19.3 Å². The standard InChI is InChI=1S/C14H20N2O4/c17-10-8-16-7-6-15(9-11-20-16)14(18)19-12-13-4-2-1-3-5-13/h1-5,17H,6-12H2. The second kappa shape index (κ2) is 7.84. The lowest BCUT2D eigenvalue weighted by Gasteiger charge is -2.19. The molecule has 0 aromatic heterocycles. The first-order valence-corrected chi connectivity index (χ1v) is 6.74. The van der Waals surface area contributed by atoms with Crippen LogP contribution in [0.3, 0.4) is 0 Å². The van der Waals surface area contributed by atoms with Crippen LogP contribution < -0.4 is 0 Å². The summed E-state index contributed by atoms with van der Waals surface area (Å²) < 4.78 is 5.28. The van der Waals surface area contributed by atoms with Crippen LogP contribution >= 0.6 is 0 Å². The molecule has 6 nitrogen and oxygen atoms in total. The van der Waals surface area contributed by atoms with Gasteiger partial charge in [-0.15, -0.1) is 0 Å². The topological polar surface area (TPSA) is 62.2 Å². The number of nitrogens with zero attached hydrogens (tertiary/aromatic N) is 2. The highest BCUT2D eigenvalue weighted by Gasteiger charge is 2.20. The van der Waals surface area contributed by atoms with Crippen LogP contribution in [0.1, 0.15) is 5.56 Å². The fourth-order valence-corrected chi connectivity index (χ4v) is 1.97. The van der Waals surface area contributed by atoms with E-state index in [0.29, 0.717) is 32.8 Å². The van der Waals surface area contributed by atoms with Crippen molar-refractivity contribution in [2.24, 2.45) is 0 Å². The molecule has 1 aliphatic heterocycles. The van der Waals surface area contributed by atoms with E-state index in [9.17, 15) is 4.79 Å². The van der Waals surface area contributed by atoms with Gasteiger partial charge in [0.1, 0.15) is 6.61 Å². The Balaban J connectivity index is 1.77. The second-order valence-corrected chi connectivity index (χ2v) is 4.51. The van der Waals surface area contributed by atoms with E-state index in [1.807, 2.05) is 30.3 Å². The maximum absolute atomic E-state index is 12.0. The van der Waals surface area contributed by atoms with Gasteiger partial charge in [0.05, 0.1) is 13.2 Å². The van der Waals surface area contributed by atoms with E-state index >= 15 is 0 Å². The highest BCUT2D eigenvalue weighted by molar-refractivity contribution is 5.67. The predicted octanol–water partition coefficient (Wildman–Crippen LogP) is 0.865. The van der Waals surface area contributed by atoms with E-state index in [1.54, 1.807) is 9.96 Å². The van der Waals surface area contributed by atoms with Gasteiger partial charge in [0.2, 0.25) is 0 Å². The van der Waals surface area contributed by atoms with Gasteiger partial charge in [-0.3, -0.25) is 4.84 Å². The molecule has 110 valence electrons. The van der Waals surface area contributed by atoms with Crippen molar-refractivity contribution in [3.8, 4) is 0 Å². The number of β-amino-alcohol motifs (C(OH)–C–C–N with tert-alkyl or cyclic N) is 1. The first-order chi connectivity index (χ1) is 9.79. The smallest absolute Gasteiger partial charge is 0.410 e. The van der Waals surface area contributed by atoms with Crippen LogP contribution in [-0.2, 0) is 16.2 Å². The van der Waals surface area contributed by atoms with Crippen LogP contribution in [0.5, 0.6) is 0 Å². The summed E-state index contributed by atoms with van der Waals surface area (Å²) in [6, 6.07) is 9.59. The van der Waals surface area contributed by atoms with Gasteiger partial charge in [0.15, 0.2) is 0 Å². The number of benzene rings is 1. The van der Waals surface area contributed by atoms with Crippen LogP contribution in [0.2, 0.25) is 0 Å². The number of carbonyl (C=O) groups is 1. The SMILES string of the molecule is O=C(OCc1ccccc1)N1CCON(CCO)CC1. The minimum absolute atomic E-state index is 0.0401. The fourth-order valence-electron chi connectivity index (χ4n) is 1.97. The molecule has 20 heavy (non-hydrogen) atoms. The van der Waals surface area contributed by atoms with Crippen LogP contribution in [-0.4, -0.2) is 60.6 Å². The van der Waals surface area contributed by atoms with Crippen molar-refractivity contribution in [2.75, 3.05) is 39.4 Å². The maximum Gasteiger partial charge on any atom is 0.410 e. The molecule has 0 unspecified atom stereocenters. The summed E-state index contributed by atoms with van der Waals surface area (Å²) >= 11 is 0. The molecule has 0 bridgehead atoms. The Labute approximate surface area is 118 Å². The summed E-state index contributed by atoms with van der Waals surface area (Å²) in [6.45, 7) is 2.79. The number of aliphatic hydroxyl groups is 1. The monoisotopic (exact) mass is 280 g/mol. The van der Waals surface area contributed by atoms with Crippen molar-refractivity contribution >= 4 is 6.09 Å². The zero-order valence-corrected chi connectivity index (χ0v) is 11.4. The van der Waals surface area contributed by atoms with Gasteiger partial charge in [-0.25, -0.2) is 4.79 Å². The number of ether oxygens (including phenoxy) is 1. The Hall–Kier alpha value is -1.63. The van der Waals surface area contributed by atoms with E-state index in [1.165, 1.54) is 0 Å². The molecule has 1 aromatic rings. The van der Waals surface area contributed by atoms with Crippen LogP contribution in [0.25, 0.3) is 0 Å². The Morgan fingerprint density at radius 3 is 2.80 bits per heavy atom. The van der Waals surface area contributed by atoms with E-state index in [2.05, 4.69) is 0 Å². The Morgan fingerprint density at radius 2 is 2.05 bits per heavy atom. The predicted molar refractivity (Wildman–Crippen MR) is 72.8 cm³/mol. The van der Waals surface area contributed by atoms with Gasteiger partial charge in [0.25, 0.3) is 0 Å². The molecule has 1 saturated heterocycles. The zero-order valence-electron chi connectivity index (χ0n) is 11.4. The van der Waals surface area contributed by atoms with Crippen molar-refractivity contribution in [1.82, 2.24) is 9.96 Å². The number of rotatable bonds is 4. The molecule has 0 saturated carbocycles. The lowest BCUT2D eigenvalue weighted by atomic mass is 10.2. The maximum atomic E-state index is 12.0. The average Bonchev–Trinajstić information content (AvgIpc) is 2.72. The molecular formula is C14H20N2O4. The van der Waals surface area contributed by atoms with E-state index < -0.39 is 0 Å². The quantitative estimate of drug-likeness (QED) is 0.886. The fraction of sp³-hybridized carbons (Fsp3) is 0.500. The highest BCUT2D eigenvalue weighted by Crippen LogP contribution is 2.06. The summed E-state index contributed by atoms with van der Waals surface area (Å²) in [5.74, 6) is 0. The number of hydrogen-bond donors (Lipinski definition) is 1. The average molecular weight is 280 g/mol. The Morgan fingerprint density at radius 1 is 1.25 bits per heavy atom. The number of carbonyl (C=O) groups excluding carboxylic acids is 1. The van der Waals surface area contributed by atoms with Crippen LogP contribution in [0.4, 0.5) is 4.79 Å². The number of hydrogen-bond acceptors (Lipinski definition) is 5. The third-order valence-electron chi connectivity index (χ3n) is 3.07. The zero-order chi connectivity index (χ0) is 14.2. The van der Waals surface area contributed by atoms with E-state index in [0.717, 1.165) is 5.56 Å². The van der Waals surface area contributed by atoms with Gasteiger partial charge in [-0.2, -0.15) is 5.06 Å². The second-order valence-electron chi connectivity index (χ2n) is 4.51. The minimum Gasteiger partial charge on any atom is -0.445 e. The van der Waals surface area contributed by atoms with Gasteiger partial charge >= 0.3 is 6.09 Å².